The molecule has 0 saturated carbocycles. The van der Waals surface area contributed by atoms with Crippen molar-refractivity contribution in [3.05, 3.63) is 34.8 Å². The van der Waals surface area contributed by atoms with Gasteiger partial charge in [0.25, 0.3) is 5.19 Å². The molecule has 1 saturated heterocycles. The highest BCUT2D eigenvalue weighted by Gasteiger charge is 2.25. The molecule has 2 aliphatic rings. The maximum atomic E-state index is 12.3. The predicted octanol–water partition coefficient (Wildman–Crippen LogP) is 4.33. The van der Waals surface area contributed by atoms with Crippen LogP contribution in [0.5, 0.6) is 5.19 Å². The molecule has 0 spiro atoms. The van der Waals surface area contributed by atoms with Crippen LogP contribution in [0, 0.1) is 6.92 Å². The van der Waals surface area contributed by atoms with E-state index in [0.29, 0.717) is 24.7 Å². The number of aryl methyl sites for hydroxylation is 1. The summed E-state index contributed by atoms with van der Waals surface area (Å²) >= 11 is 3.21. The second-order valence-corrected chi connectivity index (χ2v) is 13.0. The third-order valence-corrected chi connectivity index (χ3v) is 10.1. The molecule has 0 N–H and O–H groups in total. The van der Waals surface area contributed by atoms with Crippen molar-refractivity contribution < 1.29 is 13.2 Å². The van der Waals surface area contributed by atoms with Crippen molar-refractivity contribution in [2.45, 2.75) is 45.6 Å². The van der Waals surface area contributed by atoms with E-state index in [4.69, 9.17) is 9.72 Å². The van der Waals surface area contributed by atoms with Gasteiger partial charge in [-0.1, -0.05) is 41.7 Å². The van der Waals surface area contributed by atoms with E-state index < -0.39 is 10.0 Å². The van der Waals surface area contributed by atoms with E-state index in [2.05, 4.69) is 27.2 Å². The fourth-order valence-electron chi connectivity index (χ4n) is 4.43. The summed E-state index contributed by atoms with van der Waals surface area (Å²) in [5, 5.41) is 11.1. The van der Waals surface area contributed by atoms with E-state index >= 15 is 0 Å². The lowest BCUT2D eigenvalue weighted by molar-refractivity contribution is 0.170. The first-order valence-electron chi connectivity index (χ1n) is 11.7. The maximum absolute atomic E-state index is 12.3. The zero-order valence-corrected chi connectivity index (χ0v) is 21.9. The van der Waals surface area contributed by atoms with E-state index in [1.165, 1.54) is 5.57 Å². The molecule has 182 valence electrons. The van der Waals surface area contributed by atoms with Crippen LogP contribution in [0.1, 0.15) is 43.2 Å². The fourth-order valence-corrected chi connectivity index (χ4v) is 7.53. The van der Waals surface area contributed by atoms with Gasteiger partial charge in [-0.2, -0.15) is 4.31 Å². The number of benzene rings is 1. The lowest BCUT2D eigenvalue weighted by Gasteiger charge is -2.30. The van der Waals surface area contributed by atoms with Gasteiger partial charge in [-0.15, -0.1) is 10.2 Å². The molecule has 0 bridgehead atoms. The van der Waals surface area contributed by atoms with E-state index in [0.717, 1.165) is 58.3 Å². The third kappa shape index (κ3) is 5.12. The molecule has 2 aliphatic heterocycles. The molecule has 0 atom stereocenters. The van der Waals surface area contributed by atoms with Crippen molar-refractivity contribution in [1.29, 1.82) is 0 Å². The topological polar surface area (TPSA) is 88.5 Å². The number of thiazole rings is 1. The van der Waals surface area contributed by atoms with Crippen LogP contribution < -0.4 is 9.64 Å². The largest absolute Gasteiger partial charge is 0.467 e. The molecule has 1 aromatic carbocycles. The molecule has 3 aromatic rings. The van der Waals surface area contributed by atoms with Crippen LogP contribution in [0.25, 0.3) is 15.8 Å². The van der Waals surface area contributed by atoms with E-state index in [9.17, 15) is 8.42 Å². The minimum atomic E-state index is -3.15. The number of hydrogen-bond donors (Lipinski definition) is 0. The quantitative estimate of drug-likeness (QED) is 0.459. The van der Waals surface area contributed by atoms with Crippen molar-refractivity contribution in [1.82, 2.24) is 19.5 Å². The van der Waals surface area contributed by atoms with Gasteiger partial charge in [0.05, 0.1) is 16.0 Å². The number of fused-ring (bicyclic) bond motifs is 1. The third-order valence-electron chi connectivity index (χ3n) is 6.26. The number of rotatable bonds is 7. The summed E-state index contributed by atoms with van der Waals surface area (Å²) in [4.78, 5) is 6.97. The zero-order chi connectivity index (χ0) is 23.7. The number of aromatic nitrogens is 3. The fraction of sp³-hybridized carbons (Fsp3) is 0.522. The van der Waals surface area contributed by atoms with Gasteiger partial charge in [0.1, 0.15) is 11.1 Å². The average Bonchev–Trinajstić information content (AvgIpc) is 3.44. The molecular formula is C23H29N5O3S3. The van der Waals surface area contributed by atoms with Crippen LogP contribution in [-0.4, -0.2) is 65.9 Å². The SMILES string of the molecule is CCCS(=O)(=O)N1CC=C(c2ccc3nc(OC4CCN(c5nnc(C)s5)CC4)sc3c2)CC1. The van der Waals surface area contributed by atoms with E-state index in [1.807, 2.05) is 26.0 Å². The molecule has 4 heterocycles. The Morgan fingerprint density at radius 2 is 1.97 bits per heavy atom. The molecule has 0 unspecified atom stereocenters. The standard InChI is InChI=1S/C23H29N5O3S3/c1-3-14-34(29,30)28-12-6-17(7-13-28)18-4-5-20-21(15-18)33-23(24-20)31-19-8-10-27(11-9-19)22-26-25-16(2)32-22/h4-6,15,19H,3,7-14H2,1-2H3. The highest BCUT2D eigenvalue weighted by molar-refractivity contribution is 7.89. The summed E-state index contributed by atoms with van der Waals surface area (Å²) in [5.74, 6) is 0.215. The molecule has 5 rings (SSSR count). The Balaban J connectivity index is 1.22. The summed E-state index contributed by atoms with van der Waals surface area (Å²) in [7, 11) is -3.15. The molecule has 0 radical (unpaired) electrons. The Labute approximate surface area is 208 Å². The van der Waals surface area contributed by atoms with Gasteiger partial charge in [0.2, 0.25) is 15.2 Å². The number of ether oxygens (including phenoxy) is 1. The Kier molecular flexibility index (Phi) is 6.88. The second-order valence-electron chi connectivity index (χ2n) is 8.72. The smallest absolute Gasteiger partial charge is 0.274 e. The van der Waals surface area contributed by atoms with Crippen molar-refractivity contribution in [2.75, 3.05) is 36.8 Å². The van der Waals surface area contributed by atoms with Crippen molar-refractivity contribution in [3.63, 3.8) is 0 Å². The molecule has 1 fully saturated rings. The van der Waals surface area contributed by atoms with Crippen LogP contribution in [0.2, 0.25) is 0 Å². The number of anilines is 1. The average molecular weight is 520 g/mol. The predicted molar refractivity (Wildman–Crippen MR) is 138 cm³/mol. The van der Waals surface area contributed by atoms with Gasteiger partial charge < -0.3 is 9.64 Å². The summed E-state index contributed by atoms with van der Waals surface area (Å²) in [5.41, 5.74) is 3.27. The van der Waals surface area contributed by atoms with Crippen molar-refractivity contribution in [2.24, 2.45) is 0 Å². The lowest BCUT2D eigenvalue weighted by Crippen LogP contribution is -2.38. The molecule has 0 aliphatic carbocycles. The summed E-state index contributed by atoms with van der Waals surface area (Å²) in [6, 6.07) is 6.27. The lowest BCUT2D eigenvalue weighted by atomic mass is 10.0. The minimum absolute atomic E-state index is 0.155. The van der Waals surface area contributed by atoms with E-state index in [-0.39, 0.29) is 11.9 Å². The Morgan fingerprint density at radius 3 is 2.65 bits per heavy atom. The van der Waals surface area contributed by atoms with Crippen molar-refractivity contribution >= 4 is 53.6 Å². The molecular weight excluding hydrogens is 490 g/mol. The number of nitrogens with zero attached hydrogens (tertiary/aromatic N) is 5. The Morgan fingerprint density at radius 1 is 1.15 bits per heavy atom. The number of sulfonamides is 1. The maximum Gasteiger partial charge on any atom is 0.274 e. The second kappa shape index (κ2) is 9.88. The first kappa shape index (κ1) is 23.7. The highest BCUT2D eigenvalue weighted by Crippen LogP contribution is 2.34. The number of hydrogen-bond acceptors (Lipinski definition) is 9. The molecule has 0 amide bonds. The first-order chi connectivity index (χ1) is 16.4. The summed E-state index contributed by atoms with van der Waals surface area (Å²) < 4.78 is 33.6. The van der Waals surface area contributed by atoms with Crippen LogP contribution in [0.3, 0.4) is 0 Å². The first-order valence-corrected chi connectivity index (χ1v) is 14.9. The van der Waals surface area contributed by atoms with Gasteiger partial charge in [0, 0.05) is 39.0 Å². The highest BCUT2D eigenvalue weighted by atomic mass is 32.2. The molecule has 34 heavy (non-hydrogen) atoms. The van der Waals surface area contributed by atoms with Crippen LogP contribution in [-0.2, 0) is 10.0 Å². The zero-order valence-electron chi connectivity index (χ0n) is 19.4. The van der Waals surface area contributed by atoms with Gasteiger partial charge in [-0.25, -0.2) is 13.4 Å². The monoisotopic (exact) mass is 519 g/mol. The Hall–Kier alpha value is -2.08. The molecule has 8 nitrogen and oxygen atoms in total. The Bertz CT molecular complexity index is 1290. The number of piperidine rings is 1. The van der Waals surface area contributed by atoms with Gasteiger partial charge in [0.15, 0.2) is 0 Å². The van der Waals surface area contributed by atoms with Gasteiger partial charge in [-0.05, 0) is 43.0 Å². The molecule has 11 heteroatoms. The summed E-state index contributed by atoms with van der Waals surface area (Å²) in [6.45, 7) is 6.68. The van der Waals surface area contributed by atoms with Crippen LogP contribution in [0.15, 0.2) is 24.3 Å². The van der Waals surface area contributed by atoms with Crippen LogP contribution >= 0.6 is 22.7 Å². The minimum Gasteiger partial charge on any atom is -0.467 e. The normalized spacial score (nSPS) is 18.4. The van der Waals surface area contributed by atoms with Gasteiger partial charge in [-0.3, -0.25) is 0 Å². The molecule has 2 aromatic heterocycles. The van der Waals surface area contributed by atoms with E-state index in [1.54, 1.807) is 27.0 Å². The summed E-state index contributed by atoms with van der Waals surface area (Å²) in [6.07, 6.45) is 5.44. The van der Waals surface area contributed by atoms with Gasteiger partial charge >= 0.3 is 0 Å². The van der Waals surface area contributed by atoms with Crippen molar-refractivity contribution in [3.8, 4) is 5.19 Å². The van der Waals surface area contributed by atoms with Crippen LogP contribution in [0.4, 0.5) is 5.13 Å².